The standard InChI is InChI=1S/C40H50N4O5/c1-3-4-5-6-7-8-11-25-49-36-21-20-32(33-13-9-10-14-34(33)36)30-16-18-31(19-17-30)35(27-40(47)48)44-39(46)28-43-38(45)15-12-23-41-37-26-29(2)22-24-42-37/h9-10,13-14,16-22,24,26,35H,3-8,11-12,15,23,25,27-28H2,1-2H3,(H,41,42)(H,43,45)(H,44,46)(H,47,48)/t35-/m0/s1. The lowest BCUT2D eigenvalue weighted by Crippen LogP contribution is -2.39. The molecular weight excluding hydrogens is 616 g/mol. The third-order valence-corrected chi connectivity index (χ3v) is 8.48. The summed E-state index contributed by atoms with van der Waals surface area (Å²) in [4.78, 5) is 41.0. The summed E-state index contributed by atoms with van der Waals surface area (Å²) in [7, 11) is 0. The fourth-order valence-corrected chi connectivity index (χ4v) is 5.82. The van der Waals surface area contributed by atoms with Crippen LogP contribution in [-0.4, -0.2) is 47.6 Å². The average Bonchev–Trinajstić information content (AvgIpc) is 3.10. The molecule has 0 saturated carbocycles. The molecule has 0 spiro atoms. The molecule has 4 aromatic rings. The number of hydrogen-bond acceptors (Lipinski definition) is 6. The number of anilines is 1. The monoisotopic (exact) mass is 666 g/mol. The smallest absolute Gasteiger partial charge is 0.305 e. The first kappa shape index (κ1) is 36.9. The Morgan fingerprint density at radius 1 is 0.837 bits per heavy atom. The second kappa shape index (κ2) is 19.8. The second-order valence-electron chi connectivity index (χ2n) is 12.5. The van der Waals surface area contributed by atoms with Gasteiger partial charge in [-0.05, 0) is 65.6 Å². The van der Waals surface area contributed by atoms with Gasteiger partial charge < -0.3 is 25.8 Å². The molecule has 9 nitrogen and oxygen atoms in total. The Morgan fingerprint density at radius 2 is 1.57 bits per heavy atom. The molecule has 1 aromatic heterocycles. The number of carboxylic acids is 1. The molecule has 9 heteroatoms. The molecule has 0 aliphatic heterocycles. The molecule has 1 atom stereocenters. The average molecular weight is 667 g/mol. The fraction of sp³-hybridized carbons (Fsp3) is 0.400. The molecule has 0 fully saturated rings. The van der Waals surface area contributed by atoms with Crippen LogP contribution in [0, 0.1) is 6.92 Å². The van der Waals surface area contributed by atoms with Gasteiger partial charge in [-0.1, -0.05) is 100 Å². The number of ether oxygens (including phenoxy) is 1. The minimum atomic E-state index is -1.04. The predicted octanol–water partition coefficient (Wildman–Crippen LogP) is 7.98. The lowest BCUT2D eigenvalue weighted by atomic mass is 9.95. The number of nitrogens with zero attached hydrogens (tertiary/aromatic N) is 1. The molecule has 3 aromatic carbocycles. The van der Waals surface area contributed by atoms with Crippen molar-refractivity contribution in [2.24, 2.45) is 0 Å². The van der Waals surface area contributed by atoms with Gasteiger partial charge in [-0.15, -0.1) is 0 Å². The molecule has 1 heterocycles. The number of rotatable bonds is 21. The Kier molecular flexibility index (Phi) is 14.9. The van der Waals surface area contributed by atoms with Crippen LogP contribution in [-0.2, 0) is 14.4 Å². The van der Waals surface area contributed by atoms with Gasteiger partial charge in [0.05, 0.1) is 25.6 Å². The van der Waals surface area contributed by atoms with Gasteiger partial charge in [0.2, 0.25) is 11.8 Å². The van der Waals surface area contributed by atoms with E-state index in [-0.39, 0.29) is 25.3 Å². The summed E-state index contributed by atoms with van der Waals surface area (Å²) in [6.45, 7) is 5.24. The van der Waals surface area contributed by atoms with Gasteiger partial charge in [0.15, 0.2) is 0 Å². The van der Waals surface area contributed by atoms with Crippen molar-refractivity contribution >= 4 is 34.4 Å². The Balaban J connectivity index is 1.30. The maximum atomic E-state index is 12.7. The quantitative estimate of drug-likeness (QED) is 0.0664. The SMILES string of the molecule is CCCCCCCCCOc1ccc(-c2ccc([C@H](CC(=O)O)NC(=O)CNC(=O)CCCNc3cc(C)ccn3)cc2)c2ccccc12. The van der Waals surface area contributed by atoms with Crippen LogP contribution in [0.15, 0.2) is 79.0 Å². The number of benzene rings is 3. The molecule has 49 heavy (non-hydrogen) atoms. The van der Waals surface area contributed by atoms with Gasteiger partial charge in [-0.2, -0.15) is 0 Å². The lowest BCUT2D eigenvalue weighted by molar-refractivity contribution is -0.138. The van der Waals surface area contributed by atoms with Crippen LogP contribution in [0.5, 0.6) is 5.75 Å². The Morgan fingerprint density at radius 3 is 2.31 bits per heavy atom. The van der Waals surface area contributed by atoms with Crippen LogP contribution in [0.1, 0.15) is 88.3 Å². The molecule has 2 amide bonds. The summed E-state index contributed by atoms with van der Waals surface area (Å²) in [5.74, 6) is -0.123. The van der Waals surface area contributed by atoms with Crippen molar-refractivity contribution in [2.75, 3.05) is 25.0 Å². The van der Waals surface area contributed by atoms with E-state index < -0.39 is 17.9 Å². The minimum absolute atomic E-state index is 0.237. The molecule has 0 unspecified atom stereocenters. The molecule has 0 aliphatic carbocycles. The van der Waals surface area contributed by atoms with Crippen molar-refractivity contribution in [1.29, 1.82) is 0 Å². The van der Waals surface area contributed by atoms with Crippen molar-refractivity contribution in [3.05, 3.63) is 90.1 Å². The number of aliphatic carboxylic acids is 1. The highest BCUT2D eigenvalue weighted by Crippen LogP contribution is 2.35. The van der Waals surface area contributed by atoms with E-state index in [0.29, 0.717) is 25.1 Å². The Bertz CT molecular complexity index is 1660. The number of carbonyl (C=O) groups is 3. The molecular formula is C40H50N4O5. The third-order valence-electron chi connectivity index (χ3n) is 8.48. The van der Waals surface area contributed by atoms with E-state index >= 15 is 0 Å². The van der Waals surface area contributed by atoms with E-state index in [1.165, 1.54) is 38.5 Å². The van der Waals surface area contributed by atoms with Crippen LogP contribution in [0.4, 0.5) is 5.82 Å². The van der Waals surface area contributed by atoms with Crippen LogP contribution < -0.4 is 20.7 Å². The summed E-state index contributed by atoms with van der Waals surface area (Å²) >= 11 is 0. The largest absolute Gasteiger partial charge is 0.493 e. The first-order chi connectivity index (χ1) is 23.8. The van der Waals surface area contributed by atoms with Gasteiger partial charge in [0, 0.05) is 24.5 Å². The number of fused-ring (bicyclic) bond motifs is 1. The first-order valence-corrected chi connectivity index (χ1v) is 17.5. The Labute approximate surface area is 289 Å². The zero-order valence-corrected chi connectivity index (χ0v) is 28.8. The zero-order valence-electron chi connectivity index (χ0n) is 28.8. The summed E-state index contributed by atoms with van der Waals surface area (Å²) < 4.78 is 6.21. The zero-order chi connectivity index (χ0) is 34.8. The number of aryl methyl sites for hydroxylation is 1. The summed E-state index contributed by atoms with van der Waals surface area (Å²) in [5, 5.41) is 20.3. The van der Waals surface area contributed by atoms with E-state index in [4.69, 9.17) is 4.74 Å². The first-order valence-electron chi connectivity index (χ1n) is 17.5. The number of unbranched alkanes of at least 4 members (excludes halogenated alkanes) is 6. The van der Waals surface area contributed by atoms with Crippen LogP contribution in [0.3, 0.4) is 0 Å². The van der Waals surface area contributed by atoms with E-state index in [0.717, 1.165) is 45.5 Å². The second-order valence-corrected chi connectivity index (χ2v) is 12.5. The normalized spacial score (nSPS) is 11.6. The number of carboxylic acid groups (broad SMARTS) is 1. The van der Waals surface area contributed by atoms with Gasteiger partial charge in [-0.3, -0.25) is 14.4 Å². The highest BCUT2D eigenvalue weighted by Gasteiger charge is 2.19. The molecule has 0 aliphatic rings. The van der Waals surface area contributed by atoms with E-state index in [1.807, 2.05) is 61.5 Å². The number of hydrogen-bond donors (Lipinski definition) is 4. The third kappa shape index (κ3) is 12.2. The Hall–Kier alpha value is -4.92. The van der Waals surface area contributed by atoms with Gasteiger partial charge >= 0.3 is 5.97 Å². The lowest BCUT2D eigenvalue weighted by Gasteiger charge is -2.19. The predicted molar refractivity (Wildman–Crippen MR) is 196 cm³/mol. The van der Waals surface area contributed by atoms with Gasteiger partial charge in [0.25, 0.3) is 0 Å². The topological polar surface area (TPSA) is 130 Å². The molecule has 0 radical (unpaired) electrons. The number of carbonyl (C=O) groups excluding carboxylic acids is 2. The van der Waals surface area contributed by atoms with Gasteiger partial charge in [0.1, 0.15) is 11.6 Å². The summed E-state index contributed by atoms with van der Waals surface area (Å²) in [6, 6.07) is 22.9. The molecule has 0 bridgehead atoms. The summed E-state index contributed by atoms with van der Waals surface area (Å²) in [5.41, 5.74) is 3.77. The van der Waals surface area contributed by atoms with Crippen molar-refractivity contribution in [3.8, 4) is 16.9 Å². The maximum Gasteiger partial charge on any atom is 0.305 e. The van der Waals surface area contributed by atoms with Crippen LogP contribution in [0.2, 0.25) is 0 Å². The van der Waals surface area contributed by atoms with E-state index in [1.54, 1.807) is 6.20 Å². The van der Waals surface area contributed by atoms with Crippen molar-refractivity contribution in [3.63, 3.8) is 0 Å². The number of nitrogens with one attached hydrogen (secondary N) is 3. The van der Waals surface area contributed by atoms with Gasteiger partial charge in [-0.25, -0.2) is 4.98 Å². The highest BCUT2D eigenvalue weighted by molar-refractivity contribution is 6.00. The highest BCUT2D eigenvalue weighted by atomic mass is 16.5. The molecule has 0 saturated heterocycles. The number of pyridine rings is 1. The molecule has 4 rings (SSSR count). The van der Waals surface area contributed by atoms with Crippen molar-refractivity contribution in [2.45, 2.75) is 84.1 Å². The van der Waals surface area contributed by atoms with Crippen LogP contribution >= 0.6 is 0 Å². The van der Waals surface area contributed by atoms with E-state index in [9.17, 15) is 19.5 Å². The van der Waals surface area contributed by atoms with Crippen LogP contribution in [0.25, 0.3) is 21.9 Å². The van der Waals surface area contributed by atoms with Crippen molar-refractivity contribution in [1.82, 2.24) is 15.6 Å². The number of amides is 2. The maximum absolute atomic E-state index is 12.7. The molecule has 260 valence electrons. The molecule has 4 N–H and O–H groups in total. The van der Waals surface area contributed by atoms with E-state index in [2.05, 4.69) is 46.1 Å². The minimum Gasteiger partial charge on any atom is -0.493 e. The fourth-order valence-electron chi connectivity index (χ4n) is 5.82. The summed E-state index contributed by atoms with van der Waals surface area (Å²) in [6.07, 6.45) is 10.9. The number of aromatic nitrogens is 1. The van der Waals surface area contributed by atoms with Crippen molar-refractivity contribution < 1.29 is 24.2 Å².